The number of hydrogen-bond donors (Lipinski definition) is 1. The predicted octanol–water partition coefficient (Wildman–Crippen LogP) is 1.35. The zero-order chi connectivity index (χ0) is 8.44. The molecule has 0 bridgehead atoms. The highest BCUT2D eigenvalue weighted by Gasteiger charge is 2.38. The summed E-state index contributed by atoms with van der Waals surface area (Å²) in [7, 11) is 0. The highest BCUT2D eigenvalue weighted by atomic mass is 15.2. The van der Waals surface area contributed by atoms with E-state index in [-0.39, 0.29) is 0 Å². The molecule has 2 heteroatoms. The molecule has 0 amide bonds. The lowest BCUT2D eigenvalue weighted by Gasteiger charge is -2.50. The minimum absolute atomic E-state index is 0.427. The molecule has 2 aliphatic rings. The fourth-order valence-electron chi connectivity index (χ4n) is 2.65. The average Bonchev–Trinajstić information content (AvgIpc) is 2.03. The largest absolute Gasteiger partial charge is 0.329 e. The molecule has 0 aromatic carbocycles. The lowest BCUT2D eigenvalue weighted by atomic mass is 9.79. The van der Waals surface area contributed by atoms with Crippen LogP contribution < -0.4 is 5.73 Å². The molecule has 0 aromatic heterocycles. The van der Waals surface area contributed by atoms with Gasteiger partial charge in [-0.15, -0.1) is 0 Å². The van der Waals surface area contributed by atoms with E-state index in [0.29, 0.717) is 5.54 Å². The van der Waals surface area contributed by atoms with Crippen LogP contribution >= 0.6 is 0 Å². The molecule has 2 fully saturated rings. The summed E-state index contributed by atoms with van der Waals surface area (Å²) in [4.78, 5) is 2.62. The Morgan fingerprint density at radius 2 is 1.67 bits per heavy atom. The van der Waals surface area contributed by atoms with Gasteiger partial charge in [0.05, 0.1) is 0 Å². The molecule has 2 nitrogen and oxygen atoms in total. The van der Waals surface area contributed by atoms with Crippen molar-refractivity contribution in [3.63, 3.8) is 0 Å². The van der Waals surface area contributed by atoms with Crippen molar-refractivity contribution in [1.82, 2.24) is 4.90 Å². The first-order valence-corrected chi connectivity index (χ1v) is 5.32. The molecule has 70 valence electrons. The maximum absolute atomic E-state index is 5.91. The van der Waals surface area contributed by atoms with Crippen molar-refractivity contribution < 1.29 is 0 Å². The number of nitrogens with zero attached hydrogens (tertiary/aromatic N) is 1. The van der Waals surface area contributed by atoms with E-state index < -0.39 is 0 Å². The van der Waals surface area contributed by atoms with Crippen LogP contribution in [0.2, 0.25) is 0 Å². The molecule has 1 aliphatic heterocycles. The van der Waals surface area contributed by atoms with Crippen LogP contribution in [0.4, 0.5) is 0 Å². The quantitative estimate of drug-likeness (QED) is 0.674. The standard InChI is InChI=1S/C10H20N2/c11-9-10(12-7-4-8-12)5-2-1-3-6-10/h1-9,11H2. The van der Waals surface area contributed by atoms with Gasteiger partial charge in [0.2, 0.25) is 0 Å². The van der Waals surface area contributed by atoms with Crippen molar-refractivity contribution in [3.8, 4) is 0 Å². The summed E-state index contributed by atoms with van der Waals surface area (Å²) in [6.07, 6.45) is 8.31. The monoisotopic (exact) mass is 168 g/mol. The van der Waals surface area contributed by atoms with Gasteiger partial charge >= 0.3 is 0 Å². The molecular formula is C10H20N2. The molecule has 1 saturated carbocycles. The Hall–Kier alpha value is -0.0800. The van der Waals surface area contributed by atoms with E-state index >= 15 is 0 Å². The molecule has 1 saturated heterocycles. The van der Waals surface area contributed by atoms with Crippen LogP contribution in [0.3, 0.4) is 0 Å². The predicted molar refractivity (Wildman–Crippen MR) is 51.1 cm³/mol. The Kier molecular flexibility index (Phi) is 2.37. The average molecular weight is 168 g/mol. The first-order chi connectivity index (χ1) is 5.87. The molecule has 0 atom stereocenters. The fraction of sp³-hybridized carbons (Fsp3) is 1.00. The van der Waals surface area contributed by atoms with Gasteiger partial charge in [-0.1, -0.05) is 19.3 Å². The van der Waals surface area contributed by atoms with Gasteiger partial charge in [-0.05, 0) is 32.4 Å². The molecule has 0 radical (unpaired) electrons. The molecule has 0 unspecified atom stereocenters. The van der Waals surface area contributed by atoms with Crippen molar-refractivity contribution in [1.29, 1.82) is 0 Å². The first kappa shape index (κ1) is 8.52. The molecule has 0 spiro atoms. The SMILES string of the molecule is NCC1(N2CCC2)CCCCC1. The lowest BCUT2D eigenvalue weighted by Crippen LogP contribution is -2.59. The highest BCUT2D eigenvalue weighted by molar-refractivity contribution is 4.96. The Balaban J connectivity index is 2.00. The Bertz CT molecular complexity index is 146. The van der Waals surface area contributed by atoms with Gasteiger partial charge in [0, 0.05) is 12.1 Å². The van der Waals surface area contributed by atoms with E-state index in [1.165, 1.54) is 51.6 Å². The third kappa shape index (κ3) is 1.27. The smallest absolute Gasteiger partial charge is 0.0331 e. The van der Waals surface area contributed by atoms with Crippen LogP contribution in [-0.4, -0.2) is 30.1 Å². The van der Waals surface area contributed by atoms with Crippen LogP contribution in [0.5, 0.6) is 0 Å². The summed E-state index contributed by atoms with van der Waals surface area (Å²) in [6, 6.07) is 0. The molecule has 2 rings (SSSR count). The third-order valence-corrected chi connectivity index (χ3v) is 3.69. The number of likely N-dealkylation sites (tertiary alicyclic amines) is 1. The van der Waals surface area contributed by atoms with Gasteiger partial charge in [0.25, 0.3) is 0 Å². The van der Waals surface area contributed by atoms with E-state index in [1.54, 1.807) is 0 Å². The molecular weight excluding hydrogens is 148 g/mol. The maximum Gasteiger partial charge on any atom is 0.0331 e. The summed E-state index contributed by atoms with van der Waals surface area (Å²) in [5.41, 5.74) is 6.33. The second-order valence-electron chi connectivity index (χ2n) is 4.33. The summed E-state index contributed by atoms with van der Waals surface area (Å²) in [5, 5.41) is 0. The molecule has 2 N–H and O–H groups in total. The van der Waals surface area contributed by atoms with Crippen LogP contribution in [0.1, 0.15) is 38.5 Å². The van der Waals surface area contributed by atoms with E-state index in [0.717, 1.165) is 6.54 Å². The van der Waals surface area contributed by atoms with E-state index in [4.69, 9.17) is 5.73 Å². The van der Waals surface area contributed by atoms with Crippen molar-refractivity contribution >= 4 is 0 Å². The zero-order valence-corrected chi connectivity index (χ0v) is 7.89. The molecule has 1 heterocycles. The second-order valence-corrected chi connectivity index (χ2v) is 4.33. The summed E-state index contributed by atoms with van der Waals surface area (Å²) < 4.78 is 0. The van der Waals surface area contributed by atoms with Crippen LogP contribution in [0.15, 0.2) is 0 Å². The molecule has 1 aliphatic carbocycles. The zero-order valence-electron chi connectivity index (χ0n) is 7.89. The molecule has 0 aromatic rings. The number of nitrogens with two attached hydrogens (primary N) is 1. The topological polar surface area (TPSA) is 29.3 Å². The number of rotatable bonds is 2. The minimum atomic E-state index is 0.427. The van der Waals surface area contributed by atoms with Gasteiger partial charge in [-0.2, -0.15) is 0 Å². The van der Waals surface area contributed by atoms with Gasteiger partial charge in [0.1, 0.15) is 0 Å². The third-order valence-electron chi connectivity index (χ3n) is 3.69. The first-order valence-electron chi connectivity index (χ1n) is 5.32. The van der Waals surface area contributed by atoms with Gasteiger partial charge in [-0.3, -0.25) is 4.90 Å². The summed E-state index contributed by atoms with van der Waals surface area (Å²) in [5.74, 6) is 0. The maximum atomic E-state index is 5.91. The summed E-state index contributed by atoms with van der Waals surface area (Å²) >= 11 is 0. The minimum Gasteiger partial charge on any atom is -0.329 e. The van der Waals surface area contributed by atoms with E-state index in [1.807, 2.05) is 0 Å². The Labute approximate surface area is 75.1 Å². The van der Waals surface area contributed by atoms with Crippen LogP contribution in [-0.2, 0) is 0 Å². The van der Waals surface area contributed by atoms with Crippen LogP contribution in [0.25, 0.3) is 0 Å². The number of hydrogen-bond acceptors (Lipinski definition) is 2. The Morgan fingerprint density at radius 1 is 1.00 bits per heavy atom. The van der Waals surface area contributed by atoms with Crippen LogP contribution in [0, 0.1) is 0 Å². The lowest BCUT2D eigenvalue weighted by molar-refractivity contribution is 0.00753. The van der Waals surface area contributed by atoms with E-state index in [2.05, 4.69) is 4.90 Å². The normalized spacial score (nSPS) is 29.8. The van der Waals surface area contributed by atoms with E-state index in [9.17, 15) is 0 Å². The fourth-order valence-corrected chi connectivity index (χ4v) is 2.65. The van der Waals surface area contributed by atoms with Crippen molar-refractivity contribution in [2.45, 2.75) is 44.1 Å². The van der Waals surface area contributed by atoms with Crippen molar-refractivity contribution in [2.75, 3.05) is 19.6 Å². The summed E-state index contributed by atoms with van der Waals surface area (Å²) in [6.45, 7) is 3.49. The van der Waals surface area contributed by atoms with Gasteiger partial charge in [-0.25, -0.2) is 0 Å². The van der Waals surface area contributed by atoms with Gasteiger partial charge < -0.3 is 5.73 Å². The van der Waals surface area contributed by atoms with Crippen molar-refractivity contribution in [3.05, 3.63) is 0 Å². The molecule has 12 heavy (non-hydrogen) atoms. The second kappa shape index (κ2) is 3.35. The van der Waals surface area contributed by atoms with Crippen molar-refractivity contribution in [2.24, 2.45) is 5.73 Å². The van der Waals surface area contributed by atoms with Gasteiger partial charge in [0.15, 0.2) is 0 Å². The highest BCUT2D eigenvalue weighted by Crippen LogP contribution is 2.35. The Morgan fingerprint density at radius 3 is 2.08 bits per heavy atom.